The molecule has 0 spiro atoms. The molecule has 0 heterocycles. The number of halogens is 3. The SMILES string of the molecule is C#CCOC[B-](F)(F)F.[K+]. The maximum Gasteiger partial charge on any atom is 1.00 e. The van der Waals surface area contributed by atoms with Gasteiger partial charge in [0.05, 0.1) is 0 Å². The summed E-state index contributed by atoms with van der Waals surface area (Å²) in [5.74, 6) is 1.93. The second-order valence-corrected chi connectivity index (χ2v) is 1.43. The molecule has 0 aliphatic heterocycles. The fraction of sp³-hybridized carbons (Fsp3) is 0.500. The van der Waals surface area contributed by atoms with E-state index in [-0.39, 0.29) is 58.0 Å². The van der Waals surface area contributed by atoms with E-state index in [1.165, 1.54) is 0 Å². The third kappa shape index (κ3) is 11.8. The number of rotatable bonds is 3. The Hall–Kier alpha value is 1.01. The van der Waals surface area contributed by atoms with E-state index in [0.29, 0.717) is 0 Å². The number of terminal acetylenes is 1. The predicted molar refractivity (Wildman–Crippen MR) is 28.7 cm³/mol. The van der Waals surface area contributed by atoms with E-state index >= 15 is 0 Å². The van der Waals surface area contributed by atoms with Crippen molar-refractivity contribution in [2.45, 2.75) is 0 Å². The molecule has 0 amide bonds. The van der Waals surface area contributed by atoms with Crippen LogP contribution < -0.4 is 51.4 Å². The Bertz CT molecular complexity index is 119. The van der Waals surface area contributed by atoms with Crippen molar-refractivity contribution < 1.29 is 69.1 Å². The van der Waals surface area contributed by atoms with Gasteiger partial charge >= 0.3 is 58.4 Å². The molecular formula is C4H5BF3KO. The molecule has 0 unspecified atom stereocenters. The first-order chi connectivity index (χ1) is 4.06. The van der Waals surface area contributed by atoms with Gasteiger partial charge in [-0.1, -0.05) is 5.92 Å². The average molecular weight is 176 g/mol. The third-order valence-electron chi connectivity index (χ3n) is 0.492. The first-order valence-corrected chi connectivity index (χ1v) is 2.28. The summed E-state index contributed by atoms with van der Waals surface area (Å²) in [5, 5.41) is 0. The van der Waals surface area contributed by atoms with Gasteiger partial charge in [-0.15, -0.1) is 6.42 Å². The van der Waals surface area contributed by atoms with Crippen molar-refractivity contribution in [1.29, 1.82) is 0 Å². The van der Waals surface area contributed by atoms with Gasteiger partial charge in [0.2, 0.25) is 0 Å². The molecule has 0 rings (SSSR count). The van der Waals surface area contributed by atoms with Crippen LogP contribution in [-0.2, 0) is 4.74 Å². The summed E-state index contributed by atoms with van der Waals surface area (Å²) in [6, 6.07) is 0. The van der Waals surface area contributed by atoms with Crippen LogP contribution in [0.4, 0.5) is 12.9 Å². The molecule has 0 saturated heterocycles. The van der Waals surface area contributed by atoms with Gasteiger partial charge in [-0.25, -0.2) is 0 Å². The molecule has 1 nitrogen and oxygen atoms in total. The van der Waals surface area contributed by atoms with Crippen LogP contribution in [0, 0.1) is 12.3 Å². The fourth-order valence-electron chi connectivity index (χ4n) is 0.251. The zero-order valence-corrected chi connectivity index (χ0v) is 8.73. The first-order valence-electron chi connectivity index (χ1n) is 2.28. The van der Waals surface area contributed by atoms with E-state index in [2.05, 4.69) is 11.2 Å². The topological polar surface area (TPSA) is 9.23 Å². The van der Waals surface area contributed by atoms with Crippen molar-refractivity contribution >= 4 is 6.98 Å². The van der Waals surface area contributed by atoms with Crippen LogP contribution in [0.2, 0.25) is 0 Å². The van der Waals surface area contributed by atoms with E-state index < -0.39 is 13.5 Å². The third-order valence-corrected chi connectivity index (χ3v) is 0.492. The van der Waals surface area contributed by atoms with E-state index in [0.717, 1.165) is 0 Å². The van der Waals surface area contributed by atoms with Crippen LogP contribution in [0.1, 0.15) is 0 Å². The Morgan fingerprint density at radius 1 is 1.40 bits per heavy atom. The van der Waals surface area contributed by atoms with E-state index in [9.17, 15) is 12.9 Å². The second-order valence-electron chi connectivity index (χ2n) is 1.43. The van der Waals surface area contributed by atoms with Gasteiger partial charge in [0.1, 0.15) is 6.61 Å². The van der Waals surface area contributed by atoms with Crippen molar-refractivity contribution in [2.24, 2.45) is 0 Å². The molecule has 0 aromatic rings. The van der Waals surface area contributed by atoms with Gasteiger partial charge in [-0.3, -0.25) is 0 Å². The smallest absolute Gasteiger partial charge is 0.447 e. The van der Waals surface area contributed by atoms with Crippen LogP contribution in [0.5, 0.6) is 0 Å². The molecule has 0 saturated carbocycles. The molecule has 0 atom stereocenters. The van der Waals surface area contributed by atoms with Crippen molar-refractivity contribution in [3.63, 3.8) is 0 Å². The molecule has 0 bridgehead atoms. The van der Waals surface area contributed by atoms with Gasteiger partial charge in [0.25, 0.3) is 0 Å². The van der Waals surface area contributed by atoms with Crippen molar-refractivity contribution in [3.05, 3.63) is 0 Å². The zero-order chi connectivity index (χ0) is 7.33. The average Bonchev–Trinajstić information content (AvgIpc) is 1.63. The largest absolute Gasteiger partial charge is 1.00 e. The van der Waals surface area contributed by atoms with Crippen molar-refractivity contribution in [3.8, 4) is 12.3 Å². The Kier molecular flexibility index (Phi) is 9.11. The first kappa shape index (κ1) is 13.6. The normalized spacial score (nSPS) is 9.80. The fourth-order valence-corrected chi connectivity index (χ4v) is 0.251. The molecule has 0 aliphatic carbocycles. The van der Waals surface area contributed by atoms with Crippen LogP contribution in [0.15, 0.2) is 0 Å². The molecule has 10 heavy (non-hydrogen) atoms. The Balaban J connectivity index is 0. The van der Waals surface area contributed by atoms with E-state index in [4.69, 9.17) is 0 Å². The summed E-state index contributed by atoms with van der Waals surface area (Å²) in [7, 11) is 0. The van der Waals surface area contributed by atoms with Gasteiger partial charge in [0, 0.05) is 6.51 Å². The summed E-state index contributed by atoms with van der Waals surface area (Å²) in [4.78, 5) is 0. The predicted octanol–water partition coefficient (Wildman–Crippen LogP) is -1.97. The quantitative estimate of drug-likeness (QED) is 0.275. The van der Waals surface area contributed by atoms with Crippen LogP contribution in [0.25, 0.3) is 0 Å². The molecule has 6 heteroatoms. The van der Waals surface area contributed by atoms with Gasteiger partial charge in [0.15, 0.2) is 0 Å². The summed E-state index contributed by atoms with van der Waals surface area (Å²) in [5.41, 5.74) is 0. The maximum atomic E-state index is 11.2. The number of ether oxygens (including phenoxy) is 1. The minimum atomic E-state index is -4.83. The molecule has 0 N–H and O–H groups in total. The maximum absolute atomic E-state index is 11.2. The molecular weight excluding hydrogens is 171 g/mol. The summed E-state index contributed by atoms with van der Waals surface area (Å²) < 4.78 is 37.8. The zero-order valence-electron chi connectivity index (χ0n) is 5.61. The van der Waals surface area contributed by atoms with E-state index in [1.807, 2.05) is 5.92 Å². The van der Waals surface area contributed by atoms with Gasteiger partial charge in [-0.05, 0) is 0 Å². The standard InChI is InChI=1S/C4H5BF3O.K/c1-2-3-9-4-5(6,7)8;/h1H,3-4H2;/q-1;+1. The van der Waals surface area contributed by atoms with Crippen LogP contribution in [-0.4, -0.2) is 20.1 Å². The Morgan fingerprint density at radius 2 is 1.90 bits per heavy atom. The number of hydrogen-bond acceptors (Lipinski definition) is 1. The molecule has 52 valence electrons. The summed E-state index contributed by atoms with van der Waals surface area (Å²) >= 11 is 0. The monoisotopic (exact) mass is 176 g/mol. The minimum Gasteiger partial charge on any atom is -0.447 e. The molecule has 0 aromatic carbocycles. The molecule has 0 radical (unpaired) electrons. The van der Waals surface area contributed by atoms with Crippen LogP contribution >= 0.6 is 0 Å². The Labute approximate surface area is 100 Å². The molecule has 0 aliphatic rings. The van der Waals surface area contributed by atoms with E-state index in [1.54, 1.807) is 0 Å². The van der Waals surface area contributed by atoms with Crippen LogP contribution in [0.3, 0.4) is 0 Å². The van der Waals surface area contributed by atoms with Crippen molar-refractivity contribution in [2.75, 3.05) is 13.1 Å². The number of hydrogen-bond donors (Lipinski definition) is 0. The van der Waals surface area contributed by atoms with Crippen molar-refractivity contribution in [1.82, 2.24) is 0 Å². The summed E-state index contributed by atoms with van der Waals surface area (Å²) in [6.07, 6.45) is 4.62. The summed E-state index contributed by atoms with van der Waals surface area (Å²) in [6.45, 7) is -6.31. The van der Waals surface area contributed by atoms with Gasteiger partial charge < -0.3 is 17.7 Å². The molecule has 0 aromatic heterocycles. The van der Waals surface area contributed by atoms with Gasteiger partial charge in [-0.2, -0.15) is 0 Å². The molecule has 0 fully saturated rings. The second kappa shape index (κ2) is 6.70. The minimum absolute atomic E-state index is 0. The Morgan fingerprint density at radius 3 is 2.20 bits per heavy atom.